The molecule has 94 valence electrons. The van der Waals surface area contributed by atoms with Gasteiger partial charge in [-0.05, 0) is 46.6 Å². The van der Waals surface area contributed by atoms with E-state index in [1.54, 1.807) is 12.4 Å². The Labute approximate surface area is 119 Å². The van der Waals surface area contributed by atoms with Crippen molar-refractivity contribution in [2.24, 2.45) is 0 Å². The minimum atomic E-state index is 0.848. The molecule has 2 aromatic heterocycles. The molecule has 0 saturated carbocycles. The maximum absolute atomic E-state index is 4.43. The second-order valence-corrected chi connectivity index (χ2v) is 5.24. The van der Waals surface area contributed by atoms with Crippen molar-refractivity contribution in [1.82, 2.24) is 9.97 Å². The van der Waals surface area contributed by atoms with Crippen LogP contribution in [0, 0.1) is 6.92 Å². The fourth-order valence-electron chi connectivity index (χ4n) is 2.00. The van der Waals surface area contributed by atoms with Crippen LogP contribution in [-0.2, 0) is 0 Å². The van der Waals surface area contributed by atoms with Gasteiger partial charge in [0.2, 0.25) is 0 Å². The predicted molar refractivity (Wildman–Crippen MR) is 81.7 cm³/mol. The van der Waals surface area contributed by atoms with Crippen LogP contribution in [0.4, 0.5) is 11.5 Å². The second kappa shape index (κ2) is 4.97. The van der Waals surface area contributed by atoms with Gasteiger partial charge in [0, 0.05) is 22.3 Å². The number of anilines is 2. The molecule has 0 saturated heterocycles. The first kappa shape index (κ1) is 12.1. The van der Waals surface area contributed by atoms with Crippen LogP contribution in [-0.4, -0.2) is 9.97 Å². The zero-order valence-corrected chi connectivity index (χ0v) is 12.0. The van der Waals surface area contributed by atoms with E-state index in [1.165, 1.54) is 0 Å². The van der Waals surface area contributed by atoms with E-state index in [-0.39, 0.29) is 0 Å². The molecule has 1 N–H and O–H groups in total. The first-order valence-electron chi connectivity index (χ1n) is 5.97. The Balaban J connectivity index is 2.06. The van der Waals surface area contributed by atoms with Crippen molar-refractivity contribution in [3.05, 3.63) is 58.8 Å². The van der Waals surface area contributed by atoms with Crippen LogP contribution < -0.4 is 5.32 Å². The molecule has 2 heterocycles. The monoisotopic (exact) mass is 313 g/mol. The number of hydrogen-bond acceptors (Lipinski definition) is 3. The fourth-order valence-corrected chi connectivity index (χ4v) is 2.45. The second-order valence-electron chi connectivity index (χ2n) is 4.32. The normalized spacial score (nSPS) is 10.6. The minimum absolute atomic E-state index is 0.848. The topological polar surface area (TPSA) is 37.8 Å². The number of rotatable bonds is 2. The van der Waals surface area contributed by atoms with E-state index in [0.717, 1.165) is 32.4 Å². The molecule has 19 heavy (non-hydrogen) atoms. The van der Waals surface area contributed by atoms with E-state index in [9.17, 15) is 0 Å². The molecule has 0 amide bonds. The number of halogens is 1. The zero-order valence-electron chi connectivity index (χ0n) is 10.4. The lowest BCUT2D eigenvalue weighted by Gasteiger charge is -2.10. The molecular weight excluding hydrogens is 302 g/mol. The molecule has 3 nitrogen and oxygen atoms in total. The van der Waals surface area contributed by atoms with E-state index in [4.69, 9.17) is 0 Å². The highest BCUT2D eigenvalue weighted by molar-refractivity contribution is 9.10. The number of hydrogen-bond donors (Lipinski definition) is 1. The average Bonchev–Trinajstić information content (AvgIpc) is 2.42. The van der Waals surface area contributed by atoms with Crippen LogP contribution in [0.15, 0.2) is 53.3 Å². The van der Waals surface area contributed by atoms with Crippen LogP contribution in [0.2, 0.25) is 0 Å². The Kier molecular flexibility index (Phi) is 3.17. The summed E-state index contributed by atoms with van der Waals surface area (Å²) < 4.78 is 0.978. The lowest BCUT2D eigenvalue weighted by atomic mass is 10.2. The van der Waals surface area contributed by atoms with Crippen molar-refractivity contribution in [3.8, 4) is 0 Å². The van der Waals surface area contributed by atoms with Gasteiger partial charge in [0.05, 0.1) is 11.2 Å². The van der Waals surface area contributed by atoms with Crippen LogP contribution >= 0.6 is 15.9 Å². The molecule has 4 heteroatoms. The van der Waals surface area contributed by atoms with Gasteiger partial charge in [0.25, 0.3) is 0 Å². The Hall–Kier alpha value is -1.94. The minimum Gasteiger partial charge on any atom is -0.338 e. The molecule has 0 atom stereocenters. The molecule has 1 aromatic carbocycles. The summed E-state index contributed by atoms with van der Waals surface area (Å²) in [6.45, 7) is 2.03. The van der Waals surface area contributed by atoms with Crippen molar-refractivity contribution in [1.29, 1.82) is 0 Å². The fraction of sp³-hybridized carbons (Fsp3) is 0.0667. The van der Waals surface area contributed by atoms with Gasteiger partial charge in [0.15, 0.2) is 0 Å². The molecule has 0 spiro atoms. The molecule has 3 aromatic rings. The van der Waals surface area contributed by atoms with Gasteiger partial charge >= 0.3 is 0 Å². The van der Waals surface area contributed by atoms with Gasteiger partial charge in [-0.1, -0.05) is 18.2 Å². The van der Waals surface area contributed by atoms with E-state index < -0.39 is 0 Å². The molecule has 0 aliphatic heterocycles. The summed E-state index contributed by atoms with van der Waals surface area (Å²) in [5.41, 5.74) is 3.01. The van der Waals surface area contributed by atoms with Crippen molar-refractivity contribution >= 4 is 38.3 Å². The summed E-state index contributed by atoms with van der Waals surface area (Å²) in [4.78, 5) is 8.82. The number of nitrogens with one attached hydrogen (secondary N) is 1. The Morgan fingerprint density at radius 3 is 2.79 bits per heavy atom. The molecule has 0 aliphatic carbocycles. The number of aromatic nitrogens is 2. The summed E-state index contributed by atoms with van der Waals surface area (Å²) >= 11 is 3.42. The van der Waals surface area contributed by atoms with Crippen molar-refractivity contribution in [2.45, 2.75) is 6.92 Å². The van der Waals surface area contributed by atoms with Crippen molar-refractivity contribution in [3.63, 3.8) is 0 Å². The maximum atomic E-state index is 4.43. The summed E-state index contributed by atoms with van der Waals surface area (Å²) in [7, 11) is 0. The van der Waals surface area contributed by atoms with Crippen molar-refractivity contribution < 1.29 is 0 Å². The molecule has 0 radical (unpaired) electrons. The standard InChI is InChI=1S/C15H12BrN3/c1-10-8-12(16)9-18-15(10)19-13-6-2-4-11-5-3-7-17-14(11)13/h2-9H,1H3,(H,18,19). The van der Waals surface area contributed by atoms with Crippen LogP contribution in [0.1, 0.15) is 5.56 Å². The van der Waals surface area contributed by atoms with E-state index in [2.05, 4.69) is 43.3 Å². The highest BCUT2D eigenvalue weighted by atomic mass is 79.9. The molecule has 0 bridgehead atoms. The van der Waals surface area contributed by atoms with Gasteiger partial charge in [-0.25, -0.2) is 4.98 Å². The number of para-hydroxylation sites is 1. The predicted octanol–water partition coefficient (Wildman–Crippen LogP) is 4.44. The summed E-state index contributed by atoms with van der Waals surface area (Å²) in [5.74, 6) is 0.848. The zero-order chi connectivity index (χ0) is 13.2. The van der Waals surface area contributed by atoms with Gasteiger partial charge in [-0.15, -0.1) is 0 Å². The molecule has 0 fully saturated rings. The molecular formula is C15H12BrN3. The van der Waals surface area contributed by atoms with Crippen molar-refractivity contribution in [2.75, 3.05) is 5.32 Å². The lowest BCUT2D eigenvalue weighted by molar-refractivity contribution is 1.24. The van der Waals surface area contributed by atoms with Gasteiger partial charge < -0.3 is 5.32 Å². The Bertz CT molecular complexity index is 735. The number of nitrogens with zero attached hydrogens (tertiary/aromatic N) is 2. The number of aryl methyl sites for hydroxylation is 1. The Morgan fingerprint density at radius 2 is 1.95 bits per heavy atom. The highest BCUT2D eigenvalue weighted by Gasteiger charge is 2.05. The smallest absolute Gasteiger partial charge is 0.133 e. The number of benzene rings is 1. The summed E-state index contributed by atoms with van der Waals surface area (Å²) in [6.07, 6.45) is 3.59. The Morgan fingerprint density at radius 1 is 1.11 bits per heavy atom. The van der Waals surface area contributed by atoms with Crippen LogP contribution in [0.5, 0.6) is 0 Å². The van der Waals surface area contributed by atoms with E-state index >= 15 is 0 Å². The molecule has 3 rings (SSSR count). The van der Waals surface area contributed by atoms with E-state index in [0.29, 0.717) is 0 Å². The quantitative estimate of drug-likeness (QED) is 0.759. The SMILES string of the molecule is Cc1cc(Br)cnc1Nc1cccc2cccnc12. The first-order chi connectivity index (χ1) is 9.24. The average molecular weight is 314 g/mol. The number of fused-ring (bicyclic) bond motifs is 1. The first-order valence-corrected chi connectivity index (χ1v) is 6.76. The third kappa shape index (κ3) is 2.44. The third-order valence-corrected chi connectivity index (χ3v) is 3.36. The van der Waals surface area contributed by atoms with E-state index in [1.807, 2.05) is 31.2 Å². The maximum Gasteiger partial charge on any atom is 0.133 e. The van der Waals surface area contributed by atoms with Gasteiger partial charge in [-0.3, -0.25) is 4.98 Å². The van der Waals surface area contributed by atoms with Gasteiger partial charge in [0.1, 0.15) is 5.82 Å². The molecule has 0 unspecified atom stereocenters. The lowest BCUT2D eigenvalue weighted by Crippen LogP contribution is -1.97. The van der Waals surface area contributed by atoms with Crippen LogP contribution in [0.3, 0.4) is 0 Å². The summed E-state index contributed by atoms with van der Waals surface area (Å²) in [6, 6.07) is 12.1. The molecule has 0 aliphatic rings. The van der Waals surface area contributed by atoms with Gasteiger partial charge in [-0.2, -0.15) is 0 Å². The number of pyridine rings is 2. The van der Waals surface area contributed by atoms with Crippen LogP contribution in [0.25, 0.3) is 10.9 Å². The summed E-state index contributed by atoms with van der Waals surface area (Å²) in [5, 5.41) is 4.46. The largest absolute Gasteiger partial charge is 0.338 e. The third-order valence-electron chi connectivity index (χ3n) is 2.93. The highest BCUT2D eigenvalue weighted by Crippen LogP contribution is 2.26.